The summed E-state index contributed by atoms with van der Waals surface area (Å²) < 4.78 is 5.62. The largest absolute Gasteiger partial charge is 0.489 e. The van der Waals surface area contributed by atoms with E-state index in [0.29, 0.717) is 22.3 Å². The van der Waals surface area contributed by atoms with Gasteiger partial charge in [-0.05, 0) is 30.3 Å². The number of hydrogen-bond donors (Lipinski definition) is 2. The van der Waals surface area contributed by atoms with Gasteiger partial charge >= 0.3 is 0 Å². The van der Waals surface area contributed by atoms with Crippen molar-refractivity contribution in [1.29, 1.82) is 0 Å². The molecule has 0 aromatic heterocycles. The lowest BCUT2D eigenvalue weighted by Gasteiger charge is -2.34. The Bertz CT molecular complexity index is 676. The zero-order chi connectivity index (χ0) is 17.6. The topological polar surface area (TPSA) is 37.1 Å². The van der Waals surface area contributed by atoms with Crippen LogP contribution in [0.3, 0.4) is 0 Å². The van der Waals surface area contributed by atoms with Crippen molar-refractivity contribution < 1.29 is 14.7 Å². The van der Waals surface area contributed by atoms with Crippen LogP contribution in [0.15, 0.2) is 48.5 Å². The number of ether oxygens (including phenoxy) is 1. The van der Waals surface area contributed by atoms with Crippen LogP contribution in [0, 0.1) is 0 Å². The SMILES string of the molecule is O[C@@H](COc1ccc(Cl)cc1Cl)C[NH+]1CCN(c2ccccc2)CC1. The molecule has 0 unspecified atom stereocenters. The Morgan fingerprint density at radius 3 is 2.48 bits per heavy atom. The molecule has 1 aliphatic heterocycles. The Morgan fingerprint density at radius 2 is 1.80 bits per heavy atom. The Morgan fingerprint density at radius 1 is 1.08 bits per heavy atom. The monoisotopic (exact) mass is 381 g/mol. The maximum atomic E-state index is 10.3. The maximum absolute atomic E-state index is 10.3. The third-order valence-electron chi connectivity index (χ3n) is 4.44. The zero-order valence-electron chi connectivity index (χ0n) is 14.0. The average molecular weight is 382 g/mol. The van der Waals surface area contributed by atoms with Crippen LogP contribution in [-0.4, -0.2) is 50.5 Å². The van der Waals surface area contributed by atoms with Gasteiger partial charge in [-0.3, -0.25) is 0 Å². The summed E-state index contributed by atoms with van der Waals surface area (Å²) in [7, 11) is 0. The van der Waals surface area contributed by atoms with Gasteiger partial charge in [-0.15, -0.1) is 0 Å². The molecular formula is C19H23Cl2N2O2+. The molecular weight excluding hydrogens is 359 g/mol. The summed E-state index contributed by atoms with van der Waals surface area (Å²) in [4.78, 5) is 3.78. The average Bonchev–Trinajstić information content (AvgIpc) is 2.62. The molecule has 1 saturated heterocycles. The predicted molar refractivity (Wildman–Crippen MR) is 102 cm³/mol. The molecule has 0 saturated carbocycles. The van der Waals surface area contributed by atoms with Gasteiger partial charge in [0.1, 0.15) is 25.0 Å². The van der Waals surface area contributed by atoms with Crippen molar-refractivity contribution >= 4 is 28.9 Å². The van der Waals surface area contributed by atoms with E-state index in [2.05, 4.69) is 29.2 Å². The van der Waals surface area contributed by atoms with Crippen molar-refractivity contribution in [3.8, 4) is 5.75 Å². The van der Waals surface area contributed by atoms with Gasteiger partial charge in [0.25, 0.3) is 0 Å². The number of piperazine rings is 1. The molecule has 1 atom stereocenters. The van der Waals surface area contributed by atoms with E-state index >= 15 is 0 Å². The van der Waals surface area contributed by atoms with Crippen molar-refractivity contribution in [3.05, 3.63) is 58.6 Å². The first-order valence-electron chi connectivity index (χ1n) is 8.51. The highest BCUT2D eigenvalue weighted by atomic mass is 35.5. The molecule has 25 heavy (non-hydrogen) atoms. The van der Waals surface area contributed by atoms with Crippen LogP contribution >= 0.6 is 23.2 Å². The number of aliphatic hydroxyl groups is 1. The minimum absolute atomic E-state index is 0.229. The van der Waals surface area contributed by atoms with E-state index in [1.54, 1.807) is 18.2 Å². The number of aliphatic hydroxyl groups excluding tert-OH is 1. The van der Waals surface area contributed by atoms with E-state index in [4.69, 9.17) is 27.9 Å². The Kier molecular flexibility index (Phi) is 6.43. The van der Waals surface area contributed by atoms with E-state index < -0.39 is 6.10 Å². The molecule has 1 aliphatic rings. The molecule has 0 amide bonds. The Hall–Kier alpha value is -1.46. The van der Waals surface area contributed by atoms with Gasteiger partial charge in [0.05, 0.1) is 31.2 Å². The predicted octanol–water partition coefficient (Wildman–Crippen LogP) is 2.14. The summed E-state index contributed by atoms with van der Waals surface area (Å²) in [6.45, 7) is 4.91. The van der Waals surface area contributed by atoms with Crippen LogP contribution in [0.25, 0.3) is 0 Å². The van der Waals surface area contributed by atoms with Crippen LogP contribution in [0.5, 0.6) is 5.75 Å². The number of hydrogen-bond acceptors (Lipinski definition) is 3. The molecule has 2 aromatic carbocycles. The third-order valence-corrected chi connectivity index (χ3v) is 4.97. The summed E-state index contributed by atoms with van der Waals surface area (Å²) in [5, 5.41) is 11.3. The van der Waals surface area contributed by atoms with Gasteiger partial charge in [0, 0.05) is 10.7 Å². The number of nitrogens with one attached hydrogen (secondary N) is 1. The molecule has 0 spiro atoms. The minimum atomic E-state index is -0.523. The second-order valence-electron chi connectivity index (χ2n) is 6.32. The molecule has 0 bridgehead atoms. The summed E-state index contributed by atoms with van der Waals surface area (Å²) in [5.74, 6) is 0.550. The first-order valence-corrected chi connectivity index (χ1v) is 9.27. The first-order chi connectivity index (χ1) is 12.1. The normalized spacial score (nSPS) is 16.7. The number of anilines is 1. The molecule has 6 heteroatoms. The van der Waals surface area contributed by atoms with Gasteiger partial charge < -0.3 is 19.6 Å². The van der Waals surface area contributed by atoms with E-state index in [-0.39, 0.29) is 6.61 Å². The van der Waals surface area contributed by atoms with Crippen molar-refractivity contribution in [1.82, 2.24) is 0 Å². The van der Waals surface area contributed by atoms with Gasteiger partial charge in [-0.2, -0.15) is 0 Å². The molecule has 1 fully saturated rings. The van der Waals surface area contributed by atoms with Crippen LogP contribution in [0.1, 0.15) is 0 Å². The highest BCUT2D eigenvalue weighted by Crippen LogP contribution is 2.27. The number of halogens is 2. The second kappa shape index (κ2) is 8.77. The first kappa shape index (κ1) is 18.3. The summed E-state index contributed by atoms with van der Waals surface area (Å²) in [6, 6.07) is 15.5. The molecule has 0 aliphatic carbocycles. The molecule has 134 valence electrons. The highest BCUT2D eigenvalue weighted by Gasteiger charge is 2.22. The Balaban J connectivity index is 1.42. The molecule has 0 radical (unpaired) electrons. The van der Waals surface area contributed by atoms with E-state index in [0.717, 1.165) is 26.2 Å². The van der Waals surface area contributed by atoms with Gasteiger partial charge in [0.15, 0.2) is 0 Å². The lowest BCUT2D eigenvalue weighted by Crippen LogP contribution is -3.16. The number of nitrogens with zero attached hydrogens (tertiary/aromatic N) is 1. The van der Waals surface area contributed by atoms with Crippen molar-refractivity contribution in [2.24, 2.45) is 0 Å². The third kappa shape index (κ3) is 5.25. The lowest BCUT2D eigenvalue weighted by atomic mass is 10.2. The smallest absolute Gasteiger partial charge is 0.138 e. The number of para-hydroxylation sites is 1. The van der Waals surface area contributed by atoms with Crippen molar-refractivity contribution in [2.75, 3.05) is 44.2 Å². The maximum Gasteiger partial charge on any atom is 0.138 e. The minimum Gasteiger partial charge on any atom is -0.489 e. The number of rotatable bonds is 6. The van der Waals surface area contributed by atoms with Crippen LogP contribution in [-0.2, 0) is 0 Å². The molecule has 1 heterocycles. The molecule has 2 N–H and O–H groups in total. The Labute approximate surface area is 158 Å². The van der Waals surface area contributed by atoms with Crippen molar-refractivity contribution in [3.63, 3.8) is 0 Å². The molecule has 3 rings (SSSR count). The van der Waals surface area contributed by atoms with Gasteiger partial charge in [-0.25, -0.2) is 0 Å². The number of benzene rings is 2. The van der Waals surface area contributed by atoms with Crippen LogP contribution < -0.4 is 14.5 Å². The van der Waals surface area contributed by atoms with Crippen molar-refractivity contribution in [2.45, 2.75) is 6.10 Å². The fourth-order valence-corrected chi connectivity index (χ4v) is 3.56. The number of quaternary nitrogens is 1. The second-order valence-corrected chi connectivity index (χ2v) is 7.16. The summed E-state index contributed by atoms with van der Waals surface area (Å²) in [6.07, 6.45) is -0.523. The van der Waals surface area contributed by atoms with E-state index in [1.165, 1.54) is 10.6 Å². The zero-order valence-corrected chi connectivity index (χ0v) is 15.5. The van der Waals surface area contributed by atoms with Gasteiger partial charge in [-0.1, -0.05) is 41.4 Å². The van der Waals surface area contributed by atoms with Gasteiger partial charge in [0.2, 0.25) is 0 Å². The lowest BCUT2D eigenvalue weighted by molar-refractivity contribution is -0.903. The van der Waals surface area contributed by atoms with E-state index in [9.17, 15) is 5.11 Å². The standard InChI is InChI=1S/C19H22Cl2N2O2/c20-15-6-7-19(18(21)12-15)25-14-17(24)13-22-8-10-23(11-9-22)16-4-2-1-3-5-16/h1-7,12,17,24H,8-11,13-14H2/p+1/t17-/m1/s1. The van der Waals surface area contributed by atoms with Crippen LogP contribution in [0.4, 0.5) is 5.69 Å². The van der Waals surface area contributed by atoms with E-state index in [1.807, 2.05) is 6.07 Å². The quantitative estimate of drug-likeness (QED) is 0.804. The highest BCUT2D eigenvalue weighted by molar-refractivity contribution is 6.35. The summed E-state index contributed by atoms with van der Waals surface area (Å²) >= 11 is 11.9. The fourth-order valence-electron chi connectivity index (χ4n) is 3.09. The fraction of sp³-hybridized carbons (Fsp3) is 0.368. The van der Waals surface area contributed by atoms with Crippen LogP contribution in [0.2, 0.25) is 10.0 Å². The molecule has 4 nitrogen and oxygen atoms in total. The molecule has 2 aromatic rings. The summed E-state index contributed by atoms with van der Waals surface area (Å²) in [5.41, 5.74) is 1.27.